The zero-order valence-corrected chi connectivity index (χ0v) is 11.6. The second-order valence-corrected chi connectivity index (χ2v) is 6.93. The first-order chi connectivity index (χ1) is 9.77. The number of amides is 2. The Morgan fingerprint density at radius 2 is 2.05 bits per heavy atom. The predicted molar refractivity (Wildman–Crippen MR) is 72.6 cm³/mol. The molecule has 0 radical (unpaired) electrons. The van der Waals surface area contributed by atoms with E-state index in [-0.39, 0.29) is 22.8 Å². The molecule has 0 spiro atoms. The second-order valence-electron chi connectivity index (χ2n) is 4.70. The van der Waals surface area contributed by atoms with Gasteiger partial charge >= 0.3 is 12.0 Å². The summed E-state index contributed by atoms with van der Waals surface area (Å²) in [5, 5.41) is 13.4. The molecule has 2 amide bonds. The van der Waals surface area contributed by atoms with Crippen LogP contribution in [-0.4, -0.2) is 43.1 Å². The van der Waals surface area contributed by atoms with Crippen molar-refractivity contribution in [3.8, 4) is 0 Å². The van der Waals surface area contributed by atoms with E-state index in [0.29, 0.717) is 6.42 Å². The van der Waals surface area contributed by atoms with Crippen LogP contribution in [0.1, 0.15) is 16.8 Å². The summed E-state index contributed by atoms with van der Waals surface area (Å²) in [6, 6.07) is 1.83. The Kier molecular flexibility index (Phi) is 4.12. The molecule has 1 heterocycles. The minimum Gasteiger partial charge on any atom is -0.478 e. The van der Waals surface area contributed by atoms with E-state index in [9.17, 15) is 22.4 Å². The molecule has 1 aliphatic heterocycles. The summed E-state index contributed by atoms with van der Waals surface area (Å²) in [7, 11) is -3.12. The molecule has 1 aromatic rings. The first-order valence-corrected chi connectivity index (χ1v) is 7.90. The fourth-order valence-corrected chi connectivity index (χ4v) is 3.68. The van der Waals surface area contributed by atoms with Gasteiger partial charge in [-0.15, -0.1) is 0 Å². The van der Waals surface area contributed by atoms with Gasteiger partial charge in [0.25, 0.3) is 0 Å². The predicted octanol–water partition coefficient (Wildman–Crippen LogP) is 0.833. The minimum atomic E-state index is -3.12. The van der Waals surface area contributed by atoms with E-state index >= 15 is 0 Å². The molecule has 1 aromatic carbocycles. The fraction of sp³-hybridized carbons (Fsp3) is 0.333. The van der Waals surface area contributed by atoms with Gasteiger partial charge in [-0.1, -0.05) is 0 Å². The topological polar surface area (TPSA) is 113 Å². The molecule has 0 aliphatic carbocycles. The number of halogens is 1. The molecule has 1 fully saturated rings. The van der Waals surface area contributed by atoms with Crippen LogP contribution < -0.4 is 10.6 Å². The van der Waals surface area contributed by atoms with E-state index in [1.54, 1.807) is 0 Å². The van der Waals surface area contributed by atoms with Crippen molar-refractivity contribution in [1.82, 2.24) is 5.32 Å². The molecule has 1 aliphatic rings. The van der Waals surface area contributed by atoms with Gasteiger partial charge in [-0.3, -0.25) is 0 Å². The number of carboxylic acid groups (broad SMARTS) is 1. The van der Waals surface area contributed by atoms with Crippen molar-refractivity contribution < 1.29 is 27.5 Å². The van der Waals surface area contributed by atoms with Crippen LogP contribution in [0.5, 0.6) is 0 Å². The summed E-state index contributed by atoms with van der Waals surface area (Å²) in [6.45, 7) is 0. The number of carbonyl (C=O) groups is 2. The maximum absolute atomic E-state index is 13.6. The van der Waals surface area contributed by atoms with Crippen LogP contribution in [0.15, 0.2) is 18.2 Å². The van der Waals surface area contributed by atoms with E-state index in [1.807, 2.05) is 0 Å². The number of aromatic carboxylic acids is 1. The fourth-order valence-electron chi connectivity index (χ4n) is 2.00. The van der Waals surface area contributed by atoms with Crippen molar-refractivity contribution in [3.05, 3.63) is 29.6 Å². The molecule has 1 saturated heterocycles. The summed E-state index contributed by atoms with van der Waals surface area (Å²) >= 11 is 0. The molecule has 21 heavy (non-hydrogen) atoms. The van der Waals surface area contributed by atoms with Gasteiger partial charge in [-0.2, -0.15) is 0 Å². The Hall–Kier alpha value is -2.16. The Balaban J connectivity index is 1.98. The summed E-state index contributed by atoms with van der Waals surface area (Å²) in [5.41, 5.74) is -0.418. The molecule has 114 valence electrons. The van der Waals surface area contributed by atoms with E-state index < -0.39 is 33.7 Å². The monoisotopic (exact) mass is 316 g/mol. The van der Waals surface area contributed by atoms with Gasteiger partial charge in [0.05, 0.1) is 22.8 Å². The largest absolute Gasteiger partial charge is 0.478 e. The molecule has 2 rings (SSSR count). The third kappa shape index (κ3) is 3.91. The normalized spacial score (nSPS) is 20.0. The summed E-state index contributed by atoms with van der Waals surface area (Å²) in [5.74, 6) is -2.29. The van der Waals surface area contributed by atoms with Gasteiger partial charge in [0, 0.05) is 6.04 Å². The van der Waals surface area contributed by atoms with Crippen molar-refractivity contribution in [1.29, 1.82) is 0 Å². The van der Waals surface area contributed by atoms with Crippen LogP contribution >= 0.6 is 0 Å². The van der Waals surface area contributed by atoms with Crippen LogP contribution in [0, 0.1) is 5.82 Å². The third-order valence-corrected chi connectivity index (χ3v) is 4.80. The second kappa shape index (κ2) is 5.68. The highest BCUT2D eigenvalue weighted by atomic mass is 32.2. The van der Waals surface area contributed by atoms with Crippen LogP contribution in [0.25, 0.3) is 0 Å². The number of carboxylic acids is 1. The van der Waals surface area contributed by atoms with E-state index in [4.69, 9.17) is 5.11 Å². The Morgan fingerprint density at radius 1 is 1.33 bits per heavy atom. The lowest BCUT2D eigenvalue weighted by Gasteiger charge is -2.12. The Labute approximate surface area is 120 Å². The lowest BCUT2D eigenvalue weighted by atomic mass is 10.2. The zero-order valence-electron chi connectivity index (χ0n) is 10.8. The van der Waals surface area contributed by atoms with Gasteiger partial charge in [0.2, 0.25) is 0 Å². The number of hydrogen-bond donors (Lipinski definition) is 3. The highest BCUT2D eigenvalue weighted by Gasteiger charge is 2.29. The lowest BCUT2D eigenvalue weighted by molar-refractivity contribution is 0.0696. The number of rotatable bonds is 3. The first-order valence-electron chi connectivity index (χ1n) is 6.07. The first kappa shape index (κ1) is 15.2. The average Bonchev–Trinajstić information content (AvgIpc) is 2.70. The number of nitrogens with one attached hydrogen (secondary N) is 2. The standard InChI is InChI=1S/C12H13FN2O5S/c13-9-5-7(11(16)17)1-2-10(9)15-12(18)14-8-3-4-21(19,20)6-8/h1-2,5,8H,3-4,6H2,(H,16,17)(H2,14,15,18). The van der Waals surface area contributed by atoms with Crippen molar-refractivity contribution in [2.45, 2.75) is 12.5 Å². The Bertz CT molecular complexity index is 689. The molecular weight excluding hydrogens is 303 g/mol. The van der Waals surface area contributed by atoms with Crippen LogP contribution in [0.3, 0.4) is 0 Å². The van der Waals surface area contributed by atoms with Gasteiger partial charge in [0.1, 0.15) is 5.82 Å². The molecule has 0 saturated carbocycles. The molecule has 9 heteroatoms. The number of urea groups is 1. The molecule has 0 bridgehead atoms. The number of hydrogen-bond acceptors (Lipinski definition) is 4. The highest BCUT2D eigenvalue weighted by molar-refractivity contribution is 7.91. The minimum absolute atomic E-state index is 0.0135. The maximum Gasteiger partial charge on any atom is 0.335 e. The quantitative estimate of drug-likeness (QED) is 0.764. The van der Waals surface area contributed by atoms with E-state index in [0.717, 1.165) is 18.2 Å². The maximum atomic E-state index is 13.6. The summed E-state index contributed by atoms with van der Waals surface area (Å²) in [4.78, 5) is 22.3. The van der Waals surface area contributed by atoms with Crippen molar-refractivity contribution >= 4 is 27.5 Å². The van der Waals surface area contributed by atoms with Crippen LogP contribution in [0.2, 0.25) is 0 Å². The number of carbonyl (C=O) groups excluding carboxylic acids is 1. The van der Waals surface area contributed by atoms with Gasteiger partial charge < -0.3 is 15.7 Å². The third-order valence-electron chi connectivity index (χ3n) is 3.03. The van der Waals surface area contributed by atoms with E-state index in [1.165, 1.54) is 0 Å². The van der Waals surface area contributed by atoms with Crippen LogP contribution in [-0.2, 0) is 9.84 Å². The van der Waals surface area contributed by atoms with Gasteiger partial charge in [-0.25, -0.2) is 22.4 Å². The molecular formula is C12H13FN2O5S. The summed E-state index contributed by atoms with van der Waals surface area (Å²) in [6.07, 6.45) is 0.316. The number of sulfone groups is 1. The van der Waals surface area contributed by atoms with E-state index in [2.05, 4.69) is 10.6 Å². The Morgan fingerprint density at radius 3 is 2.57 bits per heavy atom. The van der Waals surface area contributed by atoms with Crippen molar-refractivity contribution in [2.75, 3.05) is 16.8 Å². The SMILES string of the molecule is O=C(Nc1ccc(C(=O)O)cc1F)NC1CCS(=O)(=O)C1. The lowest BCUT2D eigenvalue weighted by Crippen LogP contribution is -2.38. The number of benzene rings is 1. The average molecular weight is 316 g/mol. The van der Waals surface area contributed by atoms with Crippen LogP contribution in [0.4, 0.5) is 14.9 Å². The molecule has 1 unspecified atom stereocenters. The number of anilines is 1. The highest BCUT2D eigenvalue weighted by Crippen LogP contribution is 2.16. The molecule has 3 N–H and O–H groups in total. The van der Waals surface area contributed by atoms with Gasteiger partial charge in [0.15, 0.2) is 9.84 Å². The molecule has 7 nitrogen and oxygen atoms in total. The molecule has 1 atom stereocenters. The van der Waals surface area contributed by atoms with Gasteiger partial charge in [-0.05, 0) is 24.6 Å². The van der Waals surface area contributed by atoms with Crippen molar-refractivity contribution in [3.63, 3.8) is 0 Å². The molecule has 0 aromatic heterocycles. The zero-order chi connectivity index (χ0) is 15.6. The summed E-state index contributed by atoms with van der Waals surface area (Å²) < 4.78 is 36.1. The van der Waals surface area contributed by atoms with Crippen molar-refractivity contribution in [2.24, 2.45) is 0 Å². The smallest absolute Gasteiger partial charge is 0.335 e.